The first-order valence-electron chi connectivity index (χ1n) is 24.6. The molecule has 0 aromatic heterocycles. The van der Waals surface area contributed by atoms with E-state index >= 15 is 0 Å². The first kappa shape index (κ1) is 36.7. The third kappa shape index (κ3) is 6.05. The summed E-state index contributed by atoms with van der Waals surface area (Å²) in [5.41, 5.74) is 22.7. The Labute approximate surface area is 381 Å². The Hall–Kier alpha value is -5.80. The van der Waals surface area contributed by atoms with Crippen molar-refractivity contribution in [2.75, 3.05) is 9.80 Å². The van der Waals surface area contributed by atoms with Crippen LogP contribution in [0.15, 0.2) is 133 Å². The summed E-state index contributed by atoms with van der Waals surface area (Å²) in [6, 6.07) is 49.0. The van der Waals surface area contributed by atoms with E-state index < -0.39 is 6.85 Å². The predicted octanol–water partition coefficient (Wildman–Crippen LogP) is 14.3. The summed E-state index contributed by atoms with van der Waals surface area (Å²) in [5, 5.41) is 0. The molecule has 0 N–H and O–H groups in total. The van der Waals surface area contributed by atoms with E-state index in [4.69, 9.17) is 4.11 Å². The maximum Gasteiger partial charge on any atom is 0.252 e. The molecule has 2 aliphatic carbocycles. The summed E-state index contributed by atoms with van der Waals surface area (Å²) in [7, 11) is 0. The van der Waals surface area contributed by atoms with Gasteiger partial charge in [-0.15, -0.1) is 0 Å². The fourth-order valence-electron chi connectivity index (χ4n) is 12.4. The molecular formula is C60H61BN2. The third-order valence-electron chi connectivity index (χ3n) is 15.6. The number of benzene rings is 7. The van der Waals surface area contributed by atoms with E-state index in [1.165, 1.54) is 44.3 Å². The van der Waals surface area contributed by atoms with E-state index in [1.807, 2.05) is 12.1 Å². The topological polar surface area (TPSA) is 6.48 Å². The molecule has 3 heteroatoms. The molecule has 2 nitrogen and oxygen atoms in total. The molecule has 0 unspecified atom stereocenters. The molecule has 0 radical (unpaired) electrons. The van der Waals surface area contributed by atoms with Crippen molar-refractivity contribution in [3.05, 3.63) is 172 Å². The second-order valence-corrected chi connectivity index (χ2v) is 21.9. The Bertz CT molecular complexity index is 3140. The number of rotatable bonds is 4. The van der Waals surface area contributed by atoms with E-state index in [0.29, 0.717) is 5.56 Å². The van der Waals surface area contributed by atoms with Gasteiger partial charge in [0.2, 0.25) is 0 Å². The molecule has 7 aromatic carbocycles. The van der Waals surface area contributed by atoms with Gasteiger partial charge < -0.3 is 9.80 Å². The van der Waals surface area contributed by atoms with Crippen molar-refractivity contribution in [2.45, 2.75) is 117 Å². The number of hydrogen-bond donors (Lipinski definition) is 0. The van der Waals surface area contributed by atoms with E-state index in [0.717, 1.165) is 81.1 Å². The number of hydrogen-bond acceptors (Lipinski definition) is 2. The first-order chi connectivity index (χ1) is 31.1. The van der Waals surface area contributed by atoms with Crippen molar-refractivity contribution in [2.24, 2.45) is 0 Å². The standard InChI is InChI=1S/C60H61BN2/c1-37-28-54-56-55(29-37)63(52-34-46-44(30-39(52)3)57(4,5)26-27-58(46,6)7)53-35-47-45(59(8,9)36-60(47,10)11)33-49(53)61(56)48-31-42(40-18-14-12-15-19-40)24-25-50(48)62(54)51-32-43(23-22-38(51)2)41-20-16-13-17-21-41/h12-25,28-35H,26-27,36H2,1-11H3/i1D3. The van der Waals surface area contributed by atoms with Crippen LogP contribution in [-0.2, 0) is 21.7 Å². The molecule has 0 spiro atoms. The van der Waals surface area contributed by atoms with E-state index in [-0.39, 0.29) is 28.4 Å². The van der Waals surface area contributed by atoms with Crippen LogP contribution in [0.5, 0.6) is 0 Å². The molecule has 0 fully saturated rings. The molecule has 0 bridgehead atoms. The van der Waals surface area contributed by atoms with Gasteiger partial charge in [-0.3, -0.25) is 0 Å². The zero-order valence-electron chi connectivity index (χ0n) is 41.8. The zero-order valence-corrected chi connectivity index (χ0v) is 38.8. The average Bonchev–Trinajstić information content (AvgIpc) is 3.46. The smallest absolute Gasteiger partial charge is 0.252 e. The number of fused-ring (bicyclic) bond motifs is 6. The molecule has 0 saturated heterocycles. The molecule has 11 rings (SSSR count). The monoisotopic (exact) mass is 824 g/mol. The molecule has 2 aliphatic heterocycles. The van der Waals surface area contributed by atoms with Crippen LogP contribution in [-0.4, -0.2) is 6.71 Å². The van der Waals surface area contributed by atoms with Gasteiger partial charge in [0.05, 0.1) is 0 Å². The first-order valence-corrected chi connectivity index (χ1v) is 23.1. The lowest BCUT2D eigenvalue weighted by atomic mass is 9.33. The van der Waals surface area contributed by atoms with Crippen LogP contribution in [0.25, 0.3) is 22.3 Å². The Morgan fingerprint density at radius 1 is 0.429 bits per heavy atom. The maximum absolute atomic E-state index is 9.13. The van der Waals surface area contributed by atoms with Crippen LogP contribution < -0.4 is 26.2 Å². The second-order valence-electron chi connectivity index (χ2n) is 21.9. The number of anilines is 6. The van der Waals surface area contributed by atoms with Crippen LogP contribution >= 0.6 is 0 Å². The van der Waals surface area contributed by atoms with Crippen molar-refractivity contribution in [3.63, 3.8) is 0 Å². The Morgan fingerprint density at radius 2 is 0.921 bits per heavy atom. The highest BCUT2D eigenvalue weighted by Gasteiger charge is 2.49. The molecular weight excluding hydrogens is 759 g/mol. The van der Waals surface area contributed by atoms with Gasteiger partial charge in [0.1, 0.15) is 0 Å². The lowest BCUT2D eigenvalue weighted by Gasteiger charge is -2.47. The average molecular weight is 824 g/mol. The van der Waals surface area contributed by atoms with Crippen molar-refractivity contribution in [3.8, 4) is 22.3 Å². The highest BCUT2D eigenvalue weighted by atomic mass is 15.2. The molecule has 4 aliphatic rings. The summed E-state index contributed by atoms with van der Waals surface area (Å²) < 4.78 is 27.4. The van der Waals surface area contributed by atoms with Gasteiger partial charge in [-0.2, -0.15) is 0 Å². The second kappa shape index (κ2) is 13.6. The Balaban J connectivity index is 1.29. The van der Waals surface area contributed by atoms with Gasteiger partial charge in [-0.25, -0.2) is 0 Å². The normalized spacial score (nSPS) is 18.9. The van der Waals surface area contributed by atoms with Crippen LogP contribution in [0.3, 0.4) is 0 Å². The van der Waals surface area contributed by atoms with Crippen LogP contribution in [0.4, 0.5) is 34.1 Å². The van der Waals surface area contributed by atoms with Gasteiger partial charge in [-0.05, 0) is 176 Å². The van der Waals surface area contributed by atoms with E-state index in [1.54, 1.807) is 0 Å². The van der Waals surface area contributed by atoms with Crippen LogP contribution in [0.1, 0.15) is 118 Å². The van der Waals surface area contributed by atoms with Gasteiger partial charge in [0, 0.05) is 38.2 Å². The van der Waals surface area contributed by atoms with E-state index in [2.05, 4.69) is 200 Å². The summed E-state index contributed by atoms with van der Waals surface area (Å²) >= 11 is 0. The zero-order chi connectivity index (χ0) is 46.5. The molecule has 314 valence electrons. The SMILES string of the molecule is [2H]C([2H])([2H])c1cc2c3c(c1)N(c1cc4c(cc1C)C(C)(C)CCC4(C)C)c1cc4c(cc1B3c1cc(-c3ccccc3)ccc1N2c1cc(-c2ccccc2)ccc1C)C(C)(C)CC4(C)C. The summed E-state index contributed by atoms with van der Waals surface area (Å²) in [6.07, 6.45) is 3.28. The van der Waals surface area contributed by atoms with E-state index in [9.17, 15) is 0 Å². The van der Waals surface area contributed by atoms with Gasteiger partial charge >= 0.3 is 0 Å². The highest BCUT2D eigenvalue weighted by molar-refractivity contribution is 7.00. The third-order valence-corrected chi connectivity index (χ3v) is 15.6. The van der Waals surface area contributed by atoms with Crippen molar-refractivity contribution in [1.82, 2.24) is 0 Å². The highest BCUT2D eigenvalue weighted by Crippen LogP contribution is 2.55. The summed E-state index contributed by atoms with van der Waals surface area (Å²) in [5.74, 6) is 0. The summed E-state index contributed by atoms with van der Waals surface area (Å²) in [4.78, 5) is 4.89. The molecule has 2 heterocycles. The van der Waals surface area contributed by atoms with Crippen LogP contribution in [0, 0.1) is 20.7 Å². The van der Waals surface area contributed by atoms with Gasteiger partial charge in [-0.1, -0.05) is 152 Å². The molecule has 7 aromatic rings. The van der Waals surface area contributed by atoms with Gasteiger partial charge in [0.25, 0.3) is 6.71 Å². The lowest BCUT2D eigenvalue weighted by Crippen LogP contribution is -2.61. The minimum atomic E-state index is -2.36. The minimum absolute atomic E-state index is 0.0246. The largest absolute Gasteiger partial charge is 0.311 e. The Morgan fingerprint density at radius 3 is 1.54 bits per heavy atom. The molecule has 0 saturated carbocycles. The van der Waals surface area contributed by atoms with Crippen molar-refractivity contribution < 1.29 is 4.11 Å². The predicted molar refractivity (Wildman–Crippen MR) is 272 cm³/mol. The number of nitrogens with zero attached hydrogens (tertiary/aromatic N) is 2. The van der Waals surface area contributed by atoms with Gasteiger partial charge in [0.15, 0.2) is 0 Å². The molecule has 0 atom stereocenters. The molecule has 63 heavy (non-hydrogen) atoms. The lowest BCUT2D eigenvalue weighted by molar-refractivity contribution is 0.332. The van der Waals surface area contributed by atoms with Crippen LogP contribution in [0.2, 0.25) is 0 Å². The van der Waals surface area contributed by atoms with Crippen molar-refractivity contribution >= 4 is 57.2 Å². The Kier molecular flexibility index (Phi) is 7.92. The van der Waals surface area contributed by atoms with Crippen molar-refractivity contribution in [1.29, 1.82) is 0 Å². The number of aryl methyl sites for hydroxylation is 3. The fraction of sp³-hybridized carbons (Fsp3) is 0.300. The minimum Gasteiger partial charge on any atom is -0.311 e. The molecule has 0 amide bonds. The maximum atomic E-state index is 9.13. The summed E-state index contributed by atoms with van der Waals surface area (Å²) in [6.45, 7) is 21.2. The quantitative estimate of drug-likeness (QED) is 0.163. The fourth-order valence-corrected chi connectivity index (χ4v) is 12.4.